The smallest absolute Gasteiger partial charge is 0.0965 e. The standard InChI is InChI=1S/C14H28N4O/c1-12(2)11-19-8-6-7-15-9-13-10-18(17-16-13)14(3,4)5/h10,12,15H,6-9,11H2,1-5H3. The minimum absolute atomic E-state index is 0.00403. The minimum atomic E-state index is -0.00403. The second kappa shape index (κ2) is 7.60. The van der Waals surface area contributed by atoms with E-state index in [-0.39, 0.29) is 5.54 Å². The molecule has 1 aromatic heterocycles. The van der Waals surface area contributed by atoms with E-state index in [4.69, 9.17) is 4.74 Å². The predicted molar refractivity (Wildman–Crippen MR) is 77.0 cm³/mol. The average Bonchev–Trinajstić information content (AvgIpc) is 2.75. The molecule has 0 unspecified atom stereocenters. The van der Waals surface area contributed by atoms with Gasteiger partial charge in [-0.3, -0.25) is 0 Å². The third-order valence-corrected chi connectivity index (χ3v) is 2.63. The van der Waals surface area contributed by atoms with Gasteiger partial charge in [0.25, 0.3) is 0 Å². The second-order valence-electron chi connectivity index (χ2n) is 6.32. The van der Waals surface area contributed by atoms with Gasteiger partial charge in [0.05, 0.1) is 17.4 Å². The van der Waals surface area contributed by atoms with Gasteiger partial charge >= 0.3 is 0 Å². The first-order valence-electron chi connectivity index (χ1n) is 7.10. The molecule has 0 radical (unpaired) electrons. The van der Waals surface area contributed by atoms with Crippen LogP contribution < -0.4 is 5.32 Å². The molecule has 5 nitrogen and oxygen atoms in total. The Morgan fingerprint density at radius 1 is 1.37 bits per heavy atom. The minimum Gasteiger partial charge on any atom is -0.381 e. The molecule has 0 aromatic carbocycles. The molecule has 1 rings (SSSR count). The Morgan fingerprint density at radius 3 is 2.68 bits per heavy atom. The number of ether oxygens (including phenoxy) is 1. The van der Waals surface area contributed by atoms with E-state index in [1.807, 2.05) is 10.9 Å². The van der Waals surface area contributed by atoms with Gasteiger partial charge < -0.3 is 10.1 Å². The van der Waals surface area contributed by atoms with E-state index >= 15 is 0 Å². The zero-order chi connectivity index (χ0) is 14.3. The summed E-state index contributed by atoms with van der Waals surface area (Å²) >= 11 is 0. The Hall–Kier alpha value is -0.940. The molecule has 0 aliphatic heterocycles. The van der Waals surface area contributed by atoms with Crippen molar-refractivity contribution in [3.8, 4) is 0 Å². The van der Waals surface area contributed by atoms with Crippen LogP contribution in [0.2, 0.25) is 0 Å². The number of rotatable bonds is 8. The van der Waals surface area contributed by atoms with E-state index in [9.17, 15) is 0 Å². The molecule has 0 aliphatic rings. The largest absolute Gasteiger partial charge is 0.381 e. The fraction of sp³-hybridized carbons (Fsp3) is 0.857. The van der Waals surface area contributed by atoms with E-state index in [0.717, 1.165) is 38.4 Å². The van der Waals surface area contributed by atoms with Gasteiger partial charge in [-0.25, -0.2) is 4.68 Å². The van der Waals surface area contributed by atoms with Gasteiger partial charge in [0, 0.05) is 19.8 Å². The van der Waals surface area contributed by atoms with Crippen molar-refractivity contribution >= 4 is 0 Å². The van der Waals surface area contributed by atoms with Crippen molar-refractivity contribution in [2.45, 2.75) is 53.1 Å². The Morgan fingerprint density at radius 2 is 2.11 bits per heavy atom. The van der Waals surface area contributed by atoms with E-state index in [0.29, 0.717) is 5.92 Å². The Labute approximate surface area is 116 Å². The number of aromatic nitrogens is 3. The first-order valence-corrected chi connectivity index (χ1v) is 7.10. The molecule has 19 heavy (non-hydrogen) atoms. The van der Waals surface area contributed by atoms with Gasteiger partial charge in [-0.15, -0.1) is 5.10 Å². The molecule has 0 saturated carbocycles. The van der Waals surface area contributed by atoms with Gasteiger partial charge in [-0.1, -0.05) is 19.1 Å². The van der Waals surface area contributed by atoms with Gasteiger partial charge in [0.1, 0.15) is 0 Å². The summed E-state index contributed by atoms with van der Waals surface area (Å²) < 4.78 is 7.42. The van der Waals surface area contributed by atoms with Crippen LogP contribution in [0.15, 0.2) is 6.20 Å². The SMILES string of the molecule is CC(C)COCCCNCc1cn(C(C)(C)C)nn1. The molecule has 1 aromatic rings. The van der Waals surface area contributed by atoms with Crippen molar-refractivity contribution in [3.05, 3.63) is 11.9 Å². The lowest BCUT2D eigenvalue weighted by Crippen LogP contribution is -2.22. The highest BCUT2D eigenvalue weighted by molar-refractivity contribution is 4.93. The van der Waals surface area contributed by atoms with Crippen LogP contribution in [0.25, 0.3) is 0 Å². The normalized spacial score (nSPS) is 12.3. The Kier molecular flexibility index (Phi) is 6.45. The summed E-state index contributed by atoms with van der Waals surface area (Å²) in [4.78, 5) is 0. The highest BCUT2D eigenvalue weighted by Crippen LogP contribution is 2.11. The van der Waals surface area contributed by atoms with Crippen LogP contribution in [0.4, 0.5) is 0 Å². The van der Waals surface area contributed by atoms with Crippen LogP contribution in [0.1, 0.15) is 46.7 Å². The van der Waals surface area contributed by atoms with Crippen molar-refractivity contribution < 1.29 is 4.74 Å². The van der Waals surface area contributed by atoms with Crippen LogP contribution in [0.5, 0.6) is 0 Å². The van der Waals surface area contributed by atoms with Crippen molar-refractivity contribution in [1.29, 1.82) is 0 Å². The van der Waals surface area contributed by atoms with Crippen LogP contribution in [0, 0.1) is 5.92 Å². The molecule has 0 bridgehead atoms. The number of nitrogens with zero attached hydrogens (tertiary/aromatic N) is 3. The zero-order valence-corrected chi connectivity index (χ0v) is 12.9. The van der Waals surface area contributed by atoms with E-state index in [1.54, 1.807) is 0 Å². The summed E-state index contributed by atoms with van der Waals surface area (Å²) in [7, 11) is 0. The van der Waals surface area contributed by atoms with Crippen molar-refractivity contribution in [2.24, 2.45) is 5.92 Å². The molecular weight excluding hydrogens is 240 g/mol. The van der Waals surface area contributed by atoms with Crippen molar-refractivity contribution in [1.82, 2.24) is 20.3 Å². The average molecular weight is 268 g/mol. The van der Waals surface area contributed by atoms with Gasteiger partial charge in [-0.05, 0) is 39.7 Å². The highest BCUT2D eigenvalue weighted by Gasteiger charge is 2.14. The topological polar surface area (TPSA) is 52.0 Å². The molecular formula is C14H28N4O. The maximum atomic E-state index is 5.52. The monoisotopic (exact) mass is 268 g/mol. The maximum absolute atomic E-state index is 5.52. The third kappa shape index (κ3) is 6.68. The summed E-state index contributed by atoms with van der Waals surface area (Å²) in [5.41, 5.74) is 0.980. The van der Waals surface area contributed by atoms with Crippen molar-refractivity contribution in [2.75, 3.05) is 19.8 Å². The lowest BCUT2D eigenvalue weighted by atomic mass is 10.1. The molecule has 0 aliphatic carbocycles. The van der Waals surface area contributed by atoms with Crippen LogP contribution in [-0.2, 0) is 16.8 Å². The number of hydrogen-bond acceptors (Lipinski definition) is 4. The molecule has 1 N–H and O–H groups in total. The molecule has 0 atom stereocenters. The maximum Gasteiger partial charge on any atom is 0.0965 e. The fourth-order valence-corrected chi connectivity index (χ4v) is 1.54. The van der Waals surface area contributed by atoms with Crippen LogP contribution in [0.3, 0.4) is 0 Å². The summed E-state index contributed by atoms with van der Waals surface area (Å²) in [6, 6.07) is 0. The first-order chi connectivity index (χ1) is 8.89. The van der Waals surface area contributed by atoms with E-state index in [1.165, 1.54) is 0 Å². The lowest BCUT2D eigenvalue weighted by molar-refractivity contribution is 0.108. The molecule has 1 heterocycles. The van der Waals surface area contributed by atoms with Gasteiger partial charge in [0.15, 0.2) is 0 Å². The summed E-state index contributed by atoms with van der Waals surface area (Å²) in [6.45, 7) is 14.1. The Balaban J connectivity index is 2.11. The molecule has 0 fully saturated rings. The second-order valence-corrected chi connectivity index (χ2v) is 6.32. The van der Waals surface area contributed by atoms with E-state index in [2.05, 4.69) is 50.2 Å². The molecule has 0 saturated heterocycles. The Bertz CT molecular complexity index is 355. The predicted octanol–water partition coefficient (Wildman–Crippen LogP) is 2.19. The van der Waals surface area contributed by atoms with Crippen LogP contribution in [-0.4, -0.2) is 34.8 Å². The molecule has 5 heteroatoms. The van der Waals surface area contributed by atoms with Crippen molar-refractivity contribution in [3.63, 3.8) is 0 Å². The molecule has 110 valence electrons. The fourth-order valence-electron chi connectivity index (χ4n) is 1.54. The first kappa shape index (κ1) is 16.1. The van der Waals surface area contributed by atoms with Gasteiger partial charge in [0.2, 0.25) is 0 Å². The lowest BCUT2D eigenvalue weighted by Gasteiger charge is -2.17. The quantitative estimate of drug-likeness (QED) is 0.734. The zero-order valence-electron chi connectivity index (χ0n) is 12.9. The molecule has 0 amide bonds. The highest BCUT2D eigenvalue weighted by atomic mass is 16.5. The summed E-state index contributed by atoms with van der Waals surface area (Å²) in [5.74, 6) is 0.611. The number of nitrogens with one attached hydrogen (secondary N) is 1. The van der Waals surface area contributed by atoms with Gasteiger partial charge in [-0.2, -0.15) is 0 Å². The molecule has 0 spiro atoms. The van der Waals surface area contributed by atoms with E-state index < -0.39 is 0 Å². The summed E-state index contributed by atoms with van der Waals surface area (Å²) in [6.07, 6.45) is 3.03. The number of hydrogen-bond donors (Lipinski definition) is 1. The van der Waals surface area contributed by atoms with Crippen LogP contribution >= 0.6 is 0 Å². The summed E-state index contributed by atoms with van der Waals surface area (Å²) in [5, 5.41) is 11.7. The third-order valence-electron chi connectivity index (χ3n) is 2.63.